The van der Waals surface area contributed by atoms with Gasteiger partial charge in [-0.05, 0) is 57.8 Å². The zero-order valence-electron chi connectivity index (χ0n) is 32.9. The summed E-state index contributed by atoms with van der Waals surface area (Å²) >= 11 is 0. The zero-order valence-corrected chi connectivity index (χ0v) is 35.9. The van der Waals surface area contributed by atoms with Crippen molar-refractivity contribution in [2.24, 2.45) is 5.73 Å². The van der Waals surface area contributed by atoms with Gasteiger partial charge in [0.15, 0.2) is 0 Å². The lowest BCUT2D eigenvalue weighted by Gasteiger charge is -2.30. The predicted octanol–water partition coefficient (Wildman–Crippen LogP) is 5.43. The normalized spacial score (nSPS) is 11.9. The smallest absolute Gasteiger partial charge is 0.377 e. The van der Waals surface area contributed by atoms with Gasteiger partial charge in [0.1, 0.15) is 0 Å². The molecule has 50 heavy (non-hydrogen) atoms. The number of urea groups is 2. The highest BCUT2D eigenvalue weighted by molar-refractivity contribution is 6.61. The molecule has 0 aliphatic carbocycles. The fourth-order valence-corrected chi connectivity index (χ4v) is 11.8. The molecule has 0 saturated carbocycles. The van der Waals surface area contributed by atoms with E-state index < -0.39 is 32.4 Å². The Hall–Kier alpha value is -1.17. The largest absolute Gasteiger partial charge is 0.501 e. The van der Waals surface area contributed by atoms with Gasteiger partial charge in [-0.15, -0.1) is 0 Å². The number of primary amides is 1. The summed E-state index contributed by atoms with van der Waals surface area (Å²) in [6.45, 7) is 17.9. The highest BCUT2D eigenvalue weighted by atomic mass is 28.4. The Morgan fingerprint density at radius 1 is 0.460 bits per heavy atom. The first-order valence-electron chi connectivity index (χ1n) is 18.6. The van der Waals surface area contributed by atoms with E-state index in [0.29, 0.717) is 83.8 Å². The standard InChI is InChI=1S/C25H56N2O7Si2.C7H18N2O4Si/c1-7-17-29-35(30-18-8-2,31-19-9-3)23-13-15-26-25(28)27-16-14-24-36(32-20-10-4,33-21-11-5)34-22-12-6;1-11-14(12-2,13-3)6-4-5-9-7(8)10/h7-24H2,1-6H3,(H2,26,27,28);4-6H2,1-3H3,(H3,8,9,10). The minimum Gasteiger partial charge on any atom is -0.377 e. The summed E-state index contributed by atoms with van der Waals surface area (Å²) in [7, 11) is -3.26. The molecule has 0 aliphatic heterocycles. The molecule has 18 heteroatoms. The van der Waals surface area contributed by atoms with Crippen LogP contribution in [0.4, 0.5) is 9.59 Å². The first-order valence-corrected chi connectivity index (χ1v) is 24.4. The summed E-state index contributed by atoms with van der Waals surface area (Å²) in [5.41, 5.74) is 4.91. The summed E-state index contributed by atoms with van der Waals surface area (Å²) in [5.74, 6) is 0. The third-order valence-corrected chi connectivity index (χ3v) is 15.6. The molecule has 0 unspecified atom stereocenters. The second-order valence-corrected chi connectivity index (χ2v) is 20.1. The lowest BCUT2D eigenvalue weighted by molar-refractivity contribution is 0.0583. The van der Waals surface area contributed by atoms with Crippen molar-refractivity contribution in [3.63, 3.8) is 0 Å². The van der Waals surface area contributed by atoms with Crippen LogP contribution in [0.15, 0.2) is 0 Å². The third-order valence-electron chi connectivity index (χ3n) is 6.94. The van der Waals surface area contributed by atoms with Crippen LogP contribution in [-0.2, 0) is 39.8 Å². The van der Waals surface area contributed by atoms with Gasteiger partial charge in [-0.25, -0.2) is 9.59 Å². The maximum atomic E-state index is 12.3. The Morgan fingerprint density at radius 3 is 0.960 bits per heavy atom. The average Bonchev–Trinajstić information content (AvgIpc) is 3.13. The van der Waals surface area contributed by atoms with Gasteiger partial charge < -0.3 is 61.5 Å². The Balaban J connectivity index is 0. The molecule has 0 bridgehead atoms. The van der Waals surface area contributed by atoms with Crippen LogP contribution in [0.25, 0.3) is 0 Å². The van der Waals surface area contributed by atoms with Gasteiger partial charge in [0, 0.05) is 98.7 Å². The number of hydrogen-bond acceptors (Lipinski definition) is 11. The SMILES string of the molecule is CCCO[Si](CCCNC(=O)NCCC[Si](OCCC)(OCCC)OCCC)(OCCC)OCCC.CO[Si](CCCNC(N)=O)(OC)OC. The van der Waals surface area contributed by atoms with Crippen molar-refractivity contribution >= 4 is 38.5 Å². The van der Waals surface area contributed by atoms with E-state index in [1.165, 1.54) is 0 Å². The lowest BCUT2D eigenvalue weighted by Crippen LogP contribution is -2.47. The molecule has 0 heterocycles. The molecule has 0 saturated heterocycles. The number of nitrogens with one attached hydrogen (secondary N) is 3. The number of rotatable bonds is 33. The second kappa shape index (κ2) is 33.7. The van der Waals surface area contributed by atoms with E-state index in [2.05, 4.69) is 57.5 Å². The summed E-state index contributed by atoms with van der Waals surface area (Å²) in [6.07, 6.45) is 7.71. The number of carbonyl (C=O) groups is 2. The molecule has 0 fully saturated rings. The predicted molar refractivity (Wildman–Crippen MR) is 203 cm³/mol. The van der Waals surface area contributed by atoms with Gasteiger partial charge >= 0.3 is 38.5 Å². The number of hydrogen-bond donors (Lipinski definition) is 4. The Labute approximate surface area is 307 Å². The zero-order chi connectivity index (χ0) is 38.0. The maximum absolute atomic E-state index is 12.3. The van der Waals surface area contributed by atoms with Crippen LogP contribution in [0.1, 0.15) is 99.3 Å². The number of amides is 4. The van der Waals surface area contributed by atoms with Crippen LogP contribution in [-0.4, -0.2) is 119 Å². The summed E-state index contributed by atoms with van der Waals surface area (Å²) in [4.78, 5) is 22.7. The summed E-state index contributed by atoms with van der Waals surface area (Å²) in [6, 6.07) is 1.34. The Morgan fingerprint density at radius 2 is 0.720 bits per heavy atom. The first kappa shape index (κ1) is 50.9. The summed E-state index contributed by atoms with van der Waals surface area (Å²) in [5, 5.41) is 8.38. The van der Waals surface area contributed by atoms with Crippen molar-refractivity contribution in [2.75, 3.05) is 80.6 Å². The van der Waals surface area contributed by atoms with E-state index in [-0.39, 0.29) is 6.03 Å². The molecule has 0 radical (unpaired) electrons. The van der Waals surface area contributed by atoms with Crippen molar-refractivity contribution < 1.29 is 49.4 Å². The number of nitrogens with two attached hydrogens (primary N) is 1. The van der Waals surface area contributed by atoms with E-state index in [9.17, 15) is 9.59 Å². The highest BCUT2D eigenvalue weighted by Crippen LogP contribution is 2.21. The Bertz CT molecular complexity index is 713. The quantitative estimate of drug-likeness (QED) is 0.0494. The second-order valence-electron chi connectivity index (χ2n) is 11.5. The van der Waals surface area contributed by atoms with Gasteiger partial charge in [0.05, 0.1) is 0 Å². The van der Waals surface area contributed by atoms with E-state index in [4.69, 9.17) is 45.6 Å². The fourth-order valence-electron chi connectivity index (χ4n) is 4.38. The van der Waals surface area contributed by atoms with Crippen molar-refractivity contribution in [3.8, 4) is 0 Å². The van der Waals surface area contributed by atoms with Gasteiger partial charge in [-0.2, -0.15) is 0 Å². The molecule has 0 aromatic rings. The molecule has 0 spiro atoms. The number of carbonyl (C=O) groups excluding carboxylic acids is 2. The molecule has 0 atom stereocenters. The molecule has 0 rings (SSSR count). The van der Waals surface area contributed by atoms with Gasteiger partial charge in [0.2, 0.25) is 0 Å². The average molecular weight is 775 g/mol. The third kappa shape index (κ3) is 25.7. The first-order chi connectivity index (χ1) is 24.1. The molecular weight excluding hydrogens is 701 g/mol. The maximum Gasteiger partial charge on any atom is 0.501 e. The molecule has 15 nitrogen and oxygen atoms in total. The van der Waals surface area contributed by atoms with E-state index in [0.717, 1.165) is 51.4 Å². The van der Waals surface area contributed by atoms with Crippen LogP contribution >= 0.6 is 0 Å². The van der Waals surface area contributed by atoms with Crippen LogP contribution in [0, 0.1) is 0 Å². The van der Waals surface area contributed by atoms with E-state index in [1.54, 1.807) is 21.3 Å². The van der Waals surface area contributed by atoms with Crippen LogP contribution in [0.2, 0.25) is 18.1 Å². The van der Waals surface area contributed by atoms with E-state index in [1.807, 2.05) is 0 Å². The van der Waals surface area contributed by atoms with Crippen molar-refractivity contribution in [1.29, 1.82) is 0 Å². The Kier molecular flexibility index (Phi) is 34.3. The molecular formula is C32H74N4O11Si3. The van der Waals surface area contributed by atoms with Crippen molar-refractivity contribution in [2.45, 2.75) is 117 Å². The minimum absolute atomic E-state index is 0.175. The van der Waals surface area contributed by atoms with Crippen LogP contribution in [0.3, 0.4) is 0 Å². The lowest BCUT2D eigenvalue weighted by atomic mass is 10.4. The van der Waals surface area contributed by atoms with Crippen molar-refractivity contribution in [3.05, 3.63) is 0 Å². The van der Waals surface area contributed by atoms with Crippen LogP contribution < -0.4 is 21.7 Å². The van der Waals surface area contributed by atoms with Gasteiger partial charge in [-0.1, -0.05) is 41.5 Å². The highest BCUT2D eigenvalue weighted by Gasteiger charge is 2.41. The fraction of sp³-hybridized carbons (Fsp3) is 0.938. The molecule has 4 amide bonds. The topological polar surface area (TPSA) is 179 Å². The van der Waals surface area contributed by atoms with Crippen LogP contribution in [0.5, 0.6) is 0 Å². The molecule has 5 N–H and O–H groups in total. The van der Waals surface area contributed by atoms with E-state index >= 15 is 0 Å². The molecule has 0 aromatic heterocycles. The summed E-state index contributed by atoms with van der Waals surface area (Å²) < 4.78 is 52.3. The molecule has 300 valence electrons. The van der Waals surface area contributed by atoms with Gasteiger partial charge in [-0.3, -0.25) is 0 Å². The molecule has 0 aliphatic rings. The monoisotopic (exact) mass is 774 g/mol. The van der Waals surface area contributed by atoms with Gasteiger partial charge in [0.25, 0.3) is 0 Å². The van der Waals surface area contributed by atoms with Crippen molar-refractivity contribution in [1.82, 2.24) is 16.0 Å². The molecule has 0 aromatic carbocycles. The minimum atomic E-state index is -2.73.